The van der Waals surface area contributed by atoms with E-state index >= 15 is 0 Å². The number of nitrogens with one attached hydrogen (secondary N) is 2. The highest BCUT2D eigenvalue weighted by Crippen LogP contribution is 2.11. The summed E-state index contributed by atoms with van der Waals surface area (Å²) in [7, 11) is 0. The van der Waals surface area contributed by atoms with Crippen LogP contribution in [0.2, 0.25) is 0 Å². The highest BCUT2D eigenvalue weighted by Gasteiger charge is 2.25. The number of nitrogens with zero attached hydrogens (tertiary/aromatic N) is 1. The summed E-state index contributed by atoms with van der Waals surface area (Å²) >= 11 is 0. The van der Waals surface area contributed by atoms with Gasteiger partial charge in [0.15, 0.2) is 0 Å². The average Bonchev–Trinajstić information content (AvgIpc) is 2.16. The number of carbonyl (C=O) groups is 1. The Morgan fingerprint density at radius 2 is 2.12 bits per heavy atom. The van der Waals surface area contributed by atoms with Gasteiger partial charge in [0, 0.05) is 24.7 Å². The van der Waals surface area contributed by atoms with Crippen molar-refractivity contribution in [2.75, 3.05) is 19.6 Å². The van der Waals surface area contributed by atoms with E-state index in [1.165, 1.54) is 6.42 Å². The zero-order valence-electron chi connectivity index (χ0n) is 11.0. The lowest BCUT2D eigenvalue weighted by atomic mass is 10.1. The summed E-state index contributed by atoms with van der Waals surface area (Å²) in [4.78, 5) is 13.9. The van der Waals surface area contributed by atoms with Crippen LogP contribution < -0.4 is 10.6 Å². The second-order valence-electron chi connectivity index (χ2n) is 5.52. The molecule has 2 amide bonds. The Kier molecular flexibility index (Phi) is 4.59. The Morgan fingerprint density at radius 1 is 1.44 bits per heavy atom. The number of carbonyl (C=O) groups excluding carboxylic acids is 1. The maximum Gasteiger partial charge on any atom is 0.317 e. The Bertz CT molecular complexity index is 233. The standard InChI is InChI=1S/C12H25N3O/c1-5-13-10-7-6-8-15(9-10)11(16)14-12(2,3)4/h10,13H,5-9H2,1-4H3,(H,14,16). The lowest BCUT2D eigenvalue weighted by molar-refractivity contribution is 0.166. The minimum absolute atomic E-state index is 0.0649. The summed E-state index contributed by atoms with van der Waals surface area (Å²) in [5.41, 5.74) is -0.151. The van der Waals surface area contributed by atoms with Gasteiger partial charge in [-0.3, -0.25) is 0 Å². The number of urea groups is 1. The first-order chi connectivity index (χ1) is 7.42. The Morgan fingerprint density at radius 3 is 2.69 bits per heavy atom. The molecule has 1 aliphatic heterocycles. The number of hydrogen-bond donors (Lipinski definition) is 2. The summed E-state index contributed by atoms with van der Waals surface area (Å²) in [6.07, 6.45) is 2.27. The predicted molar refractivity (Wildman–Crippen MR) is 66.6 cm³/mol. The molecule has 0 aromatic carbocycles. The van der Waals surface area contributed by atoms with Crippen LogP contribution >= 0.6 is 0 Å². The predicted octanol–water partition coefficient (Wildman–Crippen LogP) is 1.57. The van der Waals surface area contributed by atoms with Crippen LogP contribution in [0.3, 0.4) is 0 Å². The number of rotatable bonds is 2. The first-order valence-corrected chi connectivity index (χ1v) is 6.23. The average molecular weight is 227 g/mol. The zero-order chi connectivity index (χ0) is 12.2. The van der Waals surface area contributed by atoms with Gasteiger partial charge in [-0.2, -0.15) is 0 Å². The third kappa shape index (κ3) is 4.39. The number of piperidine rings is 1. The van der Waals surface area contributed by atoms with Crippen molar-refractivity contribution in [1.29, 1.82) is 0 Å². The van der Waals surface area contributed by atoms with E-state index in [-0.39, 0.29) is 11.6 Å². The normalized spacial score (nSPS) is 22.0. The summed E-state index contributed by atoms with van der Waals surface area (Å²) in [5, 5.41) is 6.42. The van der Waals surface area contributed by atoms with Gasteiger partial charge >= 0.3 is 6.03 Å². The van der Waals surface area contributed by atoms with Crippen LogP contribution in [0.5, 0.6) is 0 Å². The van der Waals surface area contributed by atoms with Gasteiger partial charge in [0.25, 0.3) is 0 Å². The largest absolute Gasteiger partial charge is 0.333 e. The second-order valence-corrected chi connectivity index (χ2v) is 5.52. The molecule has 0 aromatic rings. The highest BCUT2D eigenvalue weighted by molar-refractivity contribution is 5.75. The van der Waals surface area contributed by atoms with Crippen molar-refractivity contribution >= 4 is 6.03 Å². The maximum atomic E-state index is 12.0. The first kappa shape index (κ1) is 13.3. The Labute approximate surface area is 98.8 Å². The molecule has 4 nitrogen and oxygen atoms in total. The first-order valence-electron chi connectivity index (χ1n) is 6.23. The summed E-state index contributed by atoms with van der Waals surface area (Å²) in [5.74, 6) is 0. The van der Waals surface area contributed by atoms with Crippen LogP contribution in [-0.2, 0) is 0 Å². The van der Waals surface area contributed by atoms with E-state index in [1.54, 1.807) is 0 Å². The van der Waals surface area contributed by atoms with E-state index in [4.69, 9.17) is 0 Å². The van der Waals surface area contributed by atoms with Crippen molar-refractivity contribution in [2.45, 2.75) is 52.1 Å². The van der Waals surface area contributed by atoms with Crippen molar-refractivity contribution in [3.8, 4) is 0 Å². The Balaban J connectivity index is 2.44. The monoisotopic (exact) mass is 227 g/mol. The van der Waals surface area contributed by atoms with Crippen LogP contribution in [0.4, 0.5) is 4.79 Å². The van der Waals surface area contributed by atoms with Crippen molar-refractivity contribution < 1.29 is 4.79 Å². The smallest absolute Gasteiger partial charge is 0.317 e. The molecule has 4 heteroatoms. The number of likely N-dealkylation sites (tertiary alicyclic amines) is 1. The van der Waals surface area contributed by atoms with Gasteiger partial charge in [-0.05, 0) is 40.2 Å². The summed E-state index contributed by atoms with van der Waals surface area (Å²) in [6, 6.07) is 0.527. The second kappa shape index (κ2) is 5.53. The molecule has 0 spiro atoms. The molecule has 2 N–H and O–H groups in total. The van der Waals surface area contributed by atoms with Gasteiger partial charge in [-0.1, -0.05) is 6.92 Å². The molecule has 16 heavy (non-hydrogen) atoms. The molecular formula is C12H25N3O. The quantitative estimate of drug-likeness (QED) is 0.752. The molecule has 94 valence electrons. The fourth-order valence-electron chi connectivity index (χ4n) is 2.02. The fourth-order valence-corrected chi connectivity index (χ4v) is 2.02. The van der Waals surface area contributed by atoms with Gasteiger partial charge < -0.3 is 15.5 Å². The number of amides is 2. The van der Waals surface area contributed by atoms with E-state index in [2.05, 4.69) is 17.6 Å². The van der Waals surface area contributed by atoms with Crippen molar-refractivity contribution in [1.82, 2.24) is 15.5 Å². The zero-order valence-corrected chi connectivity index (χ0v) is 11.0. The topological polar surface area (TPSA) is 44.4 Å². The molecule has 1 fully saturated rings. The molecule has 1 unspecified atom stereocenters. The lowest BCUT2D eigenvalue weighted by Crippen LogP contribution is -2.54. The molecule has 1 aliphatic rings. The van der Waals surface area contributed by atoms with Gasteiger partial charge in [-0.25, -0.2) is 4.79 Å². The van der Waals surface area contributed by atoms with E-state index in [9.17, 15) is 4.79 Å². The minimum Gasteiger partial charge on any atom is -0.333 e. The third-order valence-corrected chi connectivity index (χ3v) is 2.68. The molecule has 1 saturated heterocycles. The molecule has 0 bridgehead atoms. The summed E-state index contributed by atoms with van der Waals surface area (Å²) < 4.78 is 0. The van der Waals surface area contributed by atoms with Crippen molar-refractivity contribution in [3.05, 3.63) is 0 Å². The number of likely N-dealkylation sites (N-methyl/N-ethyl adjacent to an activating group) is 1. The molecule has 0 aliphatic carbocycles. The fraction of sp³-hybridized carbons (Fsp3) is 0.917. The number of hydrogen-bond acceptors (Lipinski definition) is 2. The van der Waals surface area contributed by atoms with Gasteiger partial charge in [0.2, 0.25) is 0 Å². The minimum atomic E-state index is -0.151. The van der Waals surface area contributed by atoms with Crippen LogP contribution in [0.15, 0.2) is 0 Å². The molecule has 0 aromatic heterocycles. The van der Waals surface area contributed by atoms with Crippen LogP contribution in [-0.4, -0.2) is 42.1 Å². The van der Waals surface area contributed by atoms with Gasteiger partial charge in [0.05, 0.1) is 0 Å². The van der Waals surface area contributed by atoms with Crippen molar-refractivity contribution in [2.24, 2.45) is 0 Å². The van der Waals surface area contributed by atoms with Crippen LogP contribution in [0.1, 0.15) is 40.5 Å². The van der Waals surface area contributed by atoms with E-state index in [0.29, 0.717) is 6.04 Å². The molecule has 1 rings (SSSR count). The van der Waals surface area contributed by atoms with Crippen LogP contribution in [0, 0.1) is 0 Å². The maximum absolute atomic E-state index is 12.0. The summed E-state index contributed by atoms with van der Waals surface area (Å²) in [6.45, 7) is 10.8. The molecule has 0 radical (unpaired) electrons. The van der Waals surface area contributed by atoms with Crippen LogP contribution in [0.25, 0.3) is 0 Å². The lowest BCUT2D eigenvalue weighted by Gasteiger charge is -2.35. The van der Waals surface area contributed by atoms with Crippen molar-refractivity contribution in [3.63, 3.8) is 0 Å². The molecule has 0 saturated carbocycles. The third-order valence-electron chi connectivity index (χ3n) is 2.68. The van der Waals surface area contributed by atoms with E-state index in [1.807, 2.05) is 25.7 Å². The Hall–Kier alpha value is -0.770. The molecular weight excluding hydrogens is 202 g/mol. The van der Waals surface area contributed by atoms with E-state index in [0.717, 1.165) is 26.1 Å². The molecule has 1 heterocycles. The van der Waals surface area contributed by atoms with Gasteiger partial charge in [-0.15, -0.1) is 0 Å². The highest BCUT2D eigenvalue weighted by atomic mass is 16.2. The van der Waals surface area contributed by atoms with E-state index < -0.39 is 0 Å². The van der Waals surface area contributed by atoms with Gasteiger partial charge in [0.1, 0.15) is 0 Å². The SMILES string of the molecule is CCNC1CCCN(C(=O)NC(C)(C)C)C1. The molecule has 1 atom stereocenters.